The molecule has 1 N–H and O–H groups in total. The molecule has 0 saturated heterocycles. The first-order valence-corrected chi connectivity index (χ1v) is 7.82. The molecule has 0 heterocycles. The highest BCUT2D eigenvalue weighted by molar-refractivity contribution is 9.11. The van der Waals surface area contributed by atoms with Crippen LogP contribution in [0, 0.1) is 0 Å². The first-order chi connectivity index (χ1) is 8.49. The van der Waals surface area contributed by atoms with Gasteiger partial charge in [0, 0.05) is 29.6 Å². The molecule has 2 rings (SSSR count). The zero-order valence-electron chi connectivity index (χ0n) is 9.00. The second-order valence-electron chi connectivity index (χ2n) is 3.73. The zero-order chi connectivity index (χ0) is 13.3. The summed E-state index contributed by atoms with van der Waals surface area (Å²) in [7, 11) is 0. The van der Waals surface area contributed by atoms with Crippen LogP contribution in [-0.2, 0) is 0 Å². The van der Waals surface area contributed by atoms with Gasteiger partial charge in [-0.05, 0) is 36.4 Å². The van der Waals surface area contributed by atoms with Gasteiger partial charge >= 0.3 is 0 Å². The fourth-order valence-corrected chi connectivity index (χ4v) is 3.10. The molecule has 0 fully saturated rings. The smallest absolute Gasteiger partial charge is 0.106 e. The van der Waals surface area contributed by atoms with Crippen LogP contribution in [0.25, 0.3) is 0 Å². The van der Waals surface area contributed by atoms with E-state index in [1.807, 2.05) is 24.3 Å². The Morgan fingerprint density at radius 3 is 2.11 bits per heavy atom. The van der Waals surface area contributed by atoms with Gasteiger partial charge in [0.05, 0.1) is 0 Å². The van der Waals surface area contributed by atoms with Crippen molar-refractivity contribution in [2.24, 2.45) is 0 Å². The summed E-state index contributed by atoms with van der Waals surface area (Å²) in [4.78, 5) is 0. The maximum absolute atomic E-state index is 10.5. The molecule has 94 valence electrons. The molecule has 2 aromatic carbocycles. The number of hydrogen-bond donors (Lipinski definition) is 1. The van der Waals surface area contributed by atoms with E-state index >= 15 is 0 Å². The summed E-state index contributed by atoms with van der Waals surface area (Å²) in [6.45, 7) is 0. The molecule has 1 nitrogen and oxygen atoms in total. The van der Waals surface area contributed by atoms with Crippen LogP contribution in [0.5, 0.6) is 0 Å². The van der Waals surface area contributed by atoms with E-state index in [1.165, 1.54) is 0 Å². The van der Waals surface area contributed by atoms with Crippen molar-refractivity contribution in [3.63, 3.8) is 0 Å². The Morgan fingerprint density at radius 2 is 1.44 bits per heavy atom. The van der Waals surface area contributed by atoms with Gasteiger partial charge < -0.3 is 5.11 Å². The molecule has 0 amide bonds. The molecule has 0 radical (unpaired) electrons. The number of hydrogen-bond acceptors (Lipinski definition) is 1. The van der Waals surface area contributed by atoms with Crippen LogP contribution in [0.2, 0.25) is 5.02 Å². The van der Waals surface area contributed by atoms with Crippen molar-refractivity contribution in [3.8, 4) is 0 Å². The quantitative estimate of drug-likeness (QED) is 0.615. The molecule has 0 saturated carbocycles. The Morgan fingerprint density at radius 1 is 0.889 bits per heavy atom. The highest BCUT2D eigenvalue weighted by Gasteiger charge is 2.17. The third-order valence-electron chi connectivity index (χ3n) is 2.51. The van der Waals surface area contributed by atoms with Crippen molar-refractivity contribution in [1.82, 2.24) is 0 Å². The lowest BCUT2D eigenvalue weighted by atomic mass is 10.0. The minimum atomic E-state index is -0.745. The monoisotopic (exact) mass is 452 g/mol. The van der Waals surface area contributed by atoms with Crippen molar-refractivity contribution in [2.75, 3.05) is 0 Å². The third-order valence-corrected chi connectivity index (χ3v) is 4.68. The molecule has 2 aromatic rings. The number of halogens is 4. The number of rotatable bonds is 2. The van der Waals surface area contributed by atoms with E-state index in [4.69, 9.17) is 11.6 Å². The van der Waals surface area contributed by atoms with Crippen molar-refractivity contribution in [3.05, 3.63) is 66.0 Å². The Kier molecular flexibility index (Phi) is 4.89. The predicted octanol–water partition coefficient (Wildman–Crippen LogP) is 5.71. The average molecular weight is 455 g/mol. The van der Waals surface area contributed by atoms with Crippen LogP contribution in [0.1, 0.15) is 17.2 Å². The number of benzene rings is 2. The molecule has 0 aliphatic rings. The highest BCUT2D eigenvalue weighted by atomic mass is 79.9. The third kappa shape index (κ3) is 3.17. The van der Waals surface area contributed by atoms with Crippen LogP contribution in [0.4, 0.5) is 0 Å². The molecule has 0 bridgehead atoms. The summed E-state index contributed by atoms with van der Waals surface area (Å²) < 4.78 is 2.59. The minimum Gasteiger partial charge on any atom is -0.384 e. The Labute approximate surface area is 136 Å². The maximum atomic E-state index is 10.5. The minimum absolute atomic E-state index is 0.596. The van der Waals surface area contributed by atoms with Crippen molar-refractivity contribution in [1.29, 1.82) is 0 Å². The van der Waals surface area contributed by atoms with Gasteiger partial charge in [0.25, 0.3) is 0 Å². The lowest BCUT2D eigenvalue weighted by Gasteiger charge is -2.15. The van der Waals surface area contributed by atoms with E-state index in [0.29, 0.717) is 5.02 Å². The number of aliphatic hydroxyl groups is 1. The van der Waals surface area contributed by atoms with Gasteiger partial charge in [-0.3, -0.25) is 0 Å². The lowest BCUT2D eigenvalue weighted by Crippen LogP contribution is -2.02. The second kappa shape index (κ2) is 6.06. The van der Waals surface area contributed by atoms with E-state index in [1.54, 1.807) is 12.1 Å². The van der Waals surface area contributed by atoms with E-state index < -0.39 is 6.10 Å². The molecule has 0 aliphatic carbocycles. The lowest BCUT2D eigenvalue weighted by molar-refractivity contribution is 0.218. The first-order valence-electron chi connectivity index (χ1n) is 5.07. The van der Waals surface area contributed by atoms with Crippen molar-refractivity contribution >= 4 is 59.4 Å². The highest BCUT2D eigenvalue weighted by Crippen LogP contribution is 2.35. The molecule has 1 atom stereocenters. The summed E-state index contributed by atoms with van der Waals surface area (Å²) in [5.74, 6) is 0. The van der Waals surface area contributed by atoms with Crippen LogP contribution in [0.15, 0.2) is 49.8 Å². The van der Waals surface area contributed by atoms with Crippen molar-refractivity contribution < 1.29 is 5.11 Å². The summed E-state index contributed by atoms with van der Waals surface area (Å²) in [5.41, 5.74) is 1.52. The molecule has 0 spiro atoms. The van der Waals surface area contributed by atoms with Gasteiger partial charge in [0.2, 0.25) is 0 Å². The topological polar surface area (TPSA) is 20.2 Å². The molecule has 18 heavy (non-hydrogen) atoms. The number of aliphatic hydroxyl groups excluding tert-OH is 1. The SMILES string of the molecule is OC(c1cc(Cl)ccc1Br)c1cc(Br)ccc1Br. The molecule has 0 aromatic heterocycles. The largest absolute Gasteiger partial charge is 0.384 e. The fourth-order valence-electron chi connectivity index (χ4n) is 1.62. The van der Waals surface area contributed by atoms with Gasteiger partial charge in [0.15, 0.2) is 0 Å². The van der Waals surface area contributed by atoms with Gasteiger partial charge in [0.1, 0.15) is 6.10 Å². The Hall–Kier alpha value is 0.130. The summed E-state index contributed by atoms with van der Waals surface area (Å²) in [6, 6.07) is 11.0. The van der Waals surface area contributed by atoms with E-state index in [9.17, 15) is 5.11 Å². The van der Waals surface area contributed by atoms with E-state index in [0.717, 1.165) is 24.5 Å². The Balaban J connectivity index is 2.50. The average Bonchev–Trinajstić information content (AvgIpc) is 2.34. The first kappa shape index (κ1) is 14.5. The van der Waals surface area contributed by atoms with Crippen LogP contribution < -0.4 is 0 Å². The van der Waals surface area contributed by atoms with E-state index in [2.05, 4.69) is 47.8 Å². The maximum Gasteiger partial charge on any atom is 0.106 e. The summed E-state index contributed by atoms with van der Waals surface area (Å²) in [5, 5.41) is 11.1. The summed E-state index contributed by atoms with van der Waals surface area (Å²) in [6.07, 6.45) is -0.745. The molecular formula is C13H8Br3ClO. The van der Waals surface area contributed by atoms with Gasteiger partial charge in [-0.1, -0.05) is 59.4 Å². The molecule has 1 unspecified atom stereocenters. The van der Waals surface area contributed by atoms with Gasteiger partial charge in [-0.25, -0.2) is 0 Å². The van der Waals surface area contributed by atoms with Crippen LogP contribution >= 0.6 is 59.4 Å². The molecule has 5 heteroatoms. The zero-order valence-corrected chi connectivity index (χ0v) is 14.5. The van der Waals surface area contributed by atoms with E-state index in [-0.39, 0.29) is 0 Å². The molecular weight excluding hydrogens is 447 g/mol. The van der Waals surface area contributed by atoms with Crippen LogP contribution in [-0.4, -0.2) is 5.11 Å². The Bertz CT molecular complexity index is 535. The molecule has 0 aliphatic heterocycles. The van der Waals surface area contributed by atoms with Gasteiger partial charge in [-0.2, -0.15) is 0 Å². The predicted molar refractivity (Wildman–Crippen MR) is 85.1 cm³/mol. The standard InChI is InChI=1S/C13H8Br3ClO/c14-7-1-3-11(15)9(5-7)13(18)10-6-8(17)2-4-12(10)16/h1-6,13,18H. The van der Waals surface area contributed by atoms with Gasteiger partial charge in [-0.15, -0.1) is 0 Å². The fraction of sp³-hybridized carbons (Fsp3) is 0.0769. The normalized spacial score (nSPS) is 12.5. The second-order valence-corrected chi connectivity index (χ2v) is 6.79. The summed E-state index contributed by atoms with van der Waals surface area (Å²) >= 11 is 16.2. The van der Waals surface area contributed by atoms with Crippen LogP contribution in [0.3, 0.4) is 0 Å². The van der Waals surface area contributed by atoms with Crippen molar-refractivity contribution in [2.45, 2.75) is 6.10 Å².